The number of carbonyl (C=O) groups is 1. The Morgan fingerprint density at radius 1 is 1.22 bits per heavy atom. The molecule has 0 saturated heterocycles. The van der Waals surface area contributed by atoms with Gasteiger partial charge in [0.25, 0.3) is 6.01 Å². The number of ether oxygens (including phenoxy) is 4. The molecule has 1 aliphatic rings. The van der Waals surface area contributed by atoms with E-state index in [1.165, 1.54) is 20.3 Å². The highest BCUT2D eigenvalue weighted by Crippen LogP contribution is 2.43. The van der Waals surface area contributed by atoms with Crippen molar-refractivity contribution in [1.29, 1.82) is 0 Å². The van der Waals surface area contributed by atoms with Gasteiger partial charge in [-0.3, -0.25) is 4.57 Å². The average molecular weight is 376 g/mol. The first-order valence-electron chi connectivity index (χ1n) is 7.92. The van der Waals surface area contributed by atoms with Crippen LogP contribution in [-0.2, 0) is 11.3 Å². The minimum Gasteiger partial charge on any atom is -0.468 e. The van der Waals surface area contributed by atoms with Crippen molar-refractivity contribution in [2.24, 2.45) is 0 Å². The van der Waals surface area contributed by atoms with Gasteiger partial charge in [-0.15, -0.1) is 8.78 Å². The topological polar surface area (TPSA) is 71.8 Å². The Hall–Kier alpha value is -3.36. The number of methoxy groups -OCH3 is 2. The fraction of sp³-hybridized carbons (Fsp3) is 0.222. The number of rotatable bonds is 4. The molecule has 0 bridgehead atoms. The van der Waals surface area contributed by atoms with E-state index in [4.69, 9.17) is 9.47 Å². The number of benzene rings is 2. The molecule has 0 amide bonds. The summed E-state index contributed by atoms with van der Waals surface area (Å²) in [5.74, 6) is -0.550. The molecular formula is C18H14F2N2O5. The predicted molar refractivity (Wildman–Crippen MR) is 89.4 cm³/mol. The molecule has 0 fully saturated rings. The van der Waals surface area contributed by atoms with Gasteiger partial charge >= 0.3 is 12.3 Å². The summed E-state index contributed by atoms with van der Waals surface area (Å²) in [6.45, 7) is 0.153. The molecule has 3 aromatic rings. The maximum Gasteiger partial charge on any atom is 0.586 e. The fourth-order valence-electron chi connectivity index (χ4n) is 2.98. The van der Waals surface area contributed by atoms with Crippen LogP contribution in [0.1, 0.15) is 15.9 Å². The lowest BCUT2D eigenvalue weighted by Gasteiger charge is -2.10. The van der Waals surface area contributed by atoms with Crippen molar-refractivity contribution in [3.05, 3.63) is 47.5 Å². The maximum absolute atomic E-state index is 13.4. The Labute approximate surface area is 152 Å². The number of aromatic nitrogens is 2. The molecule has 0 aliphatic carbocycles. The van der Waals surface area contributed by atoms with E-state index in [0.717, 1.165) is 0 Å². The Bertz CT molecular complexity index is 1050. The molecule has 0 saturated carbocycles. The summed E-state index contributed by atoms with van der Waals surface area (Å²) in [5.41, 5.74) is 1.97. The van der Waals surface area contributed by atoms with Crippen LogP contribution in [0.15, 0.2) is 36.4 Å². The number of imidazole rings is 1. The second kappa shape index (κ2) is 6.11. The summed E-state index contributed by atoms with van der Waals surface area (Å²) in [7, 11) is 2.74. The minimum absolute atomic E-state index is 0.0300. The second-order valence-electron chi connectivity index (χ2n) is 5.79. The van der Waals surface area contributed by atoms with Crippen molar-refractivity contribution in [2.45, 2.75) is 12.8 Å². The Morgan fingerprint density at radius 2 is 2.04 bits per heavy atom. The summed E-state index contributed by atoms with van der Waals surface area (Å²) >= 11 is 0. The van der Waals surface area contributed by atoms with Crippen LogP contribution < -0.4 is 14.2 Å². The van der Waals surface area contributed by atoms with Crippen LogP contribution in [0, 0.1) is 0 Å². The molecular weight excluding hydrogens is 362 g/mol. The lowest BCUT2D eigenvalue weighted by Crippen LogP contribution is -2.26. The van der Waals surface area contributed by atoms with Gasteiger partial charge in [0, 0.05) is 5.56 Å². The van der Waals surface area contributed by atoms with E-state index in [-0.39, 0.29) is 24.1 Å². The van der Waals surface area contributed by atoms with Gasteiger partial charge in [0.1, 0.15) is 0 Å². The first-order valence-corrected chi connectivity index (χ1v) is 7.92. The van der Waals surface area contributed by atoms with Gasteiger partial charge in [0.05, 0.1) is 37.4 Å². The van der Waals surface area contributed by atoms with Crippen LogP contribution >= 0.6 is 0 Å². The van der Waals surface area contributed by atoms with Crippen LogP contribution in [0.25, 0.3) is 11.0 Å². The summed E-state index contributed by atoms with van der Waals surface area (Å²) < 4.78 is 47.7. The number of hydrogen-bond donors (Lipinski definition) is 0. The third-order valence-electron chi connectivity index (χ3n) is 4.16. The summed E-state index contributed by atoms with van der Waals surface area (Å²) in [4.78, 5) is 16.0. The van der Waals surface area contributed by atoms with E-state index in [1.54, 1.807) is 34.9 Å². The van der Waals surface area contributed by atoms with Crippen molar-refractivity contribution in [1.82, 2.24) is 9.55 Å². The molecule has 0 spiro atoms. The number of nitrogens with zero attached hydrogens (tertiary/aromatic N) is 2. The molecule has 4 rings (SSSR count). The molecule has 2 heterocycles. The largest absolute Gasteiger partial charge is 0.586 e. The molecule has 1 aromatic heterocycles. The van der Waals surface area contributed by atoms with E-state index in [0.29, 0.717) is 22.2 Å². The van der Waals surface area contributed by atoms with Gasteiger partial charge in [-0.05, 0) is 24.3 Å². The van der Waals surface area contributed by atoms with Crippen molar-refractivity contribution in [2.75, 3.05) is 14.2 Å². The van der Waals surface area contributed by atoms with Crippen LogP contribution in [0.4, 0.5) is 8.78 Å². The minimum atomic E-state index is -3.70. The standard InChI is InChI=1S/C18H14F2N2O5/c1-24-16(23)10-6-7-13-12(8-10)21-17(25-2)22(13)9-11-4-3-5-14-15(11)27-18(19,20)26-14/h3-8H,9H2,1-2H3. The molecule has 9 heteroatoms. The van der Waals surface area contributed by atoms with Gasteiger partial charge in [-0.25, -0.2) is 4.79 Å². The van der Waals surface area contributed by atoms with Crippen LogP contribution in [0.5, 0.6) is 17.5 Å². The Balaban J connectivity index is 1.77. The van der Waals surface area contributed by atoms with E-state index in [9.17, 15) is 13.6 Å². The third kappa shape index (κ3) is 2.90. The smallest absolute Gasteiger partial charge is 0.468 e. The predicted octanol–water partition coefficient (Wildman–Crippen LogP) is 3.20. The van der Waals surface area contributed by atoms with Gasteiger partial charge in [0.2, 0.25) is 0 Å². The lowest BCUT2D eigenvalue weighted by molar-refractivity contribution is -0.286. The van der Waals surface area contributed by atoms with Crippen molar-refractivity contribution < 1.29 is 32.5 Å². The van der Waals surface area contributed by atoms with Crippen molar-refractivity contribution >= 4 is 17.0 Å². The van der Waals surface area contributed by atoms with Gasteiger partial charge in [-0.1, -0.05) is 12.1 Å². The van der Waals surface area contributed by atoms with E-state index in [1.807, 2.05) is 0 Å². The molecule has 0 unspecified atom stereocenters. The Morgan fingerprint density at radius 3 is 2.78 bits per heavy atom. The van der Waals surface area contributed by atoms with E-state index in [2.05, 4.69) is 14.5 Å². The highest BCUT2D eigenvalue weighted by Gasteiger charge is 2.44. The SMILES string of the molecule is COC(=O)c1ccc2c(c1)nc(OC)n2Cc1cccc2c1OC(F)(F)O2. The number of para-hydroxylation sites is 1. The molecule has 2 aromatic carbocycles. The van der Waals surface area contributed by atoms with Gasteiger partial charge in [-0.2, -0.15) is 4.98 Å². The summed E-state index contributed by atoms with van der Waals surface area (Å²) in [5, 5.41) is 0. The summed E-state index contributed by atoms with van der Waals surface area (Å²) in [6.07, 6.45) is -3.70. The van der Waals surface area contributed by atoms with Gasteiger partial charge in [0.15, 0.2) is 11.5 Å². The quantitative estimate of drug-likeness (QED) is 0.651. The molecule has 1 aliphatic heterocycles. The first-order chi connectivity index (χ1) is 12.9. The number of carbonyl (C=O) groups excluding carboxylic acids is 1. The number of esters is 1. The highest BCUT2D eigenvalue weighted by molar-refractivity contribution is 5.93. The molecule has 0 radical (unpaired) electrons. The fourth-order valence-corrected chi connectivity index (χ4v) is 2.98. The summed E-state index contributed by atoms with van der Waals surface area (Å²) in [6, 6.07) is 9.77. The average Bonchev–Trinajstić information content (AvgIpc) is 3.16. The van der Waals surface area contributed by atoms with Crippen LogP contribution in [-0.4, -0.2) is 36.0 Å². The molecule has 0 N–H and O–H groups in total. The Kier molecular flexibility index (Phi) is 3.87. The second-order valence-corrected chi connectivity index (χ2v) is 5.79. The number of hydrogen-bond acceptors (Lipinski definition) is 6. The highest BCUT2D eigenvalue weighted by atomic mass is 19.3. The van der Waals surface area contributed by atoms with Gasteiger partial charge < -0.3 is 18.9 Å². The van der Waals surface area contributed by atoms with Crippen LogP contribution in [0.3, 0.4) is 0 Å². The van der Waals surface area contributed by atoms with E-state index >= 15 is 0 Å². The van der Waals surface area contributed by atoms with E-state index < -0.39 is 12.3 Å². The number of halogens is 2. The molecule has 27 heavy (non-hydrogen) atoms. The number of alkyl halides is 2. The maximum atomic E-state index is 13.4. The molecule has 0 atom stereocenters. The first kappa shape index (κ1) is 17.1. The van der Waals surface area contributed by atoms with Crippen LogP contribution in [0.2, 0.25) is 0 Å². The zero-order chi connectivity index (χ0) is 19.2. The third-order valence-corrected chi connectivity index (χ3v) is 4.16. The monoisotopic (exact) mass is 376 g/mol. The zero-order valence-electron chi connectivity index (χ0n) is 14.4. The normalized spacial score (nSPS) is 14.4. The van der Waals surface area contributed by atoms with Crippen molar-refractivity contribution in [3.8, 4) is 17.5 Å². The molecule has 7 nitrogen and oxygen atoms in total. The van der Waals surface area contributed by atoms with Crippen molar-refractivity contribution in [3.63, 3.8) is 0 Å². The zero-order valence-corrected chi connectivity index (χ0v) is 14.4. The lowest BCUT2D eigenvalue weighted by atomic mass is 10.1. The number of fused-ring (bicyclic) bond motifs is 2. The molecule has 140 valence electrons.